The van der Waals surface area contributed by atoms with Crippen molar-refractivity contribution < 1.29 is 19.5 Å². The lowest BCUT2D eigenvalue weighted by molar-refractivity contribution is 0.102. The number of aryl methyl sites for hydroxylation is 1. The predicted molar refractivity (Wildman–Crippen MR) is 99.8 cm³/mol. The van der Waals surface area contributed by atoms with E-state index in [4.69, 9.17) is 9.47 Å². The molecule has 0 spiro atoms. The first kappa shape index (κ1) is 16.9. The minimum atomic E-state index is -0.445. The second kappa shape index (κ2) is 6.64. The highest BCUT2D eigenvalue weighted by Gasteiger charge is 2.26. The fourth-order valence-electron chi connectivity index (χ4n) is 2.77. The number of ether oxygens (including phenoxy) is 2. The Bertz CT molecular complexity index is 1020. The summed E-state index contributed by atoms with van der Waals surface area (Å²) in [5.74, 6) is 0.640. The van der Waals surface area contributed by atoms with Crippen molar-refractivity contribution in [2.75, 3.05) is 10.5 Å². The van der Waals surface area contributed by atoms with Crippen molar-refractivity contribution in [2.45, 2.75) is 6.92 Å². The van der Waals surface area contributed by atoms with Crippen LogP contribution < -0.4 is 20.0 Å². The quantitative estimate of drug-likeness (QED) is 0.647. The van der Waals surface area contributed by atoms with E-state index in [0.29, 0.717) is 17.2 Å². The maximum atomic E-state index is 12.8. The van der Waals surface area contributed by atoms with Crippen LogP contribution in [0.5, 0.6) is 23.0 Å². The molecule has 7 nitrogen and oxygen atoms in total. The molecule has 1 amide bonds. The third-order valence-corrected chi connectivity index (χ3v) is 4.10. The van der Waals surface area contributed by atoms with Gasteiger partial charge in [0.15, 0.2) is 5.75 Å². The lowest BCUT2D eigenvalue weighted by Crippen LogP contribution is -2.13. The summed E-state index contributed by atoms with van der Waals surface area (Å²) in [4.78, 5) is 12.8. The van der Waals surface area contributed by atoms with Crippen LogP contribution >= 0.6 is 0 Å². The van der Waals surface area contributed by atoms with Gasteiger partial charge < -0.3 is 25.2 Å². The molecule has 0 aliphatic carbocycles. The number of rotatable bonds is 3. The summed E-state index contributed by atoms with van der Waals surface area (Å²) in [5, 5.41) is 23.3. The normalized spacial score (nSPS) is 12.2. The molecule has 0 bridgehead atoms. The number of carbonyl (C=O) groups is 1. The Balaban J connectivity index is 1.84. The maximum absolute atomic E-state index is 12.8. The van der Waals surface area contributed by atoms with Gasteiger partial charge in [0.2, 0.25) is 0 Å². The van der Waals surface area contributed by atoms with Gasteiger partial charge in [-0.15, -0.1) is 0 Å². The van der Waals surface area contributed by atoms with Gasteiger partial charge in [-0.2, -0.15) is 0 Å². The van der Waals surface area contributed by atoms with Gasteiger partial charge in [-0.25, -0.2) is 0 Å². The highest BCUT2D eigenvalue weighted by Crippen LogP contribution is 2.42. The summed E-state index contributed by atoms with van der Waals surface area (Å²) in [6, 6.07) is 16.7. The number of para-hydroxylation sites is 2. The molecule has 3 aromatic carbocycles. The molecule has 27 heavy (non-hydrogen) atoms. The molecule has 1 heterocycles. The molecule has 0 atom stereocenters. The molecule has 0 radical (unpaired) electrons. The predicted octanol–water partition coefficient (Wildman–Crippen LogP) is 4.84. The van der Waals surface area contributed by atoms with E-state index in [1.54, 1.807) is 36.4 Å². The first-order valence-electron chi connectivity index (χ1n) is 8.18. The smallest absolute Gasteiger partial charge is 0.263 e. The minimum absolute atomic E-state index is 0.0894. The molecule has 7 heteroatoms. The number of hydrogen-bond acceptors (Lipinski definition) is 6. The number of amides is 1. The Kier molecular flexibility index (Phi) is 4.15. The fraction of sp³-hybridized carbons (Fsp3) is 0.0500. The highest BCUT2D eigenvalue weighted by atomic mass is 16.8. The van der Waals surface area contributed by atoms with Crippen LogP contribution in [0.3, 0.4) is 0 Å². The zero-order valence-corrected chi connectivity index (χ0v) is 14.3. The van der Waals surface area contributed by atoms with Crippen molar-refractivity contribution in [2.24, 2.45) is 0 Å². The van der Waals surface area contributed by atoms with Crippen LogP contribution in [0, 0.1) is 12.1 Å². The largest absolute Gasteiger partial charge is 0.733 e. The number of anilines is 2. The highest BCUT2D eigenvalue weighted by molar-refractivity contribution is 6.10. The summed E-state index contributed by atoms with van der Waals surface area (Å²) in [6.45, 7) is 1.94. The van der Waals surface area contributed by atoms with Crippen LogP contribution in [0.4, 0.5) is 11.4 Å². The van der Waals surface area contributed by atoms with Crippen molar-refractivity contribution in [1.82, 2.24) is 0 Å². The molecule has 0 aromatic heterocycles. The van der Waals surface area contributed by atoms with E-state index < -0.39 is 5.91 Å². The molecule has 3 aromatic rings. The SMILES string of the molecule is Cc1ccc(Oc2cc(N([O-])O)cc3c2C(=O)Nc2ccccc2O3)cc1. The van der Waals surface area contributed by atoms with Gasteiger partial charge in [-0.05, 0) is 31.2 Å². The summed E-state index contributed by atoms with van der Waals surface area (Å²) in [6.07, 6.45) is 0. The first-order chi connectivity index (χ1) is 13.0. The summed E-state index contributed by atoms with van der Waals surface area (Å²) in [5.41, 5.74) is 1.54. The third kappa shape index (κ3) is 3.29. The molecule has 0 saturated carbocycles. The van der Waals surface area contributed by atoms with Crippen LogP contribution in [-0.4, -0.2) is 11.1 Å². The van der Waals surface area contributed by atoms with Crippen LogP contribution in [0.25, 0.3) is 0 Å². The van der Waals surface area contributed by atoms with E-state index >= 15 is 0 Å². The first-order valence-corrected chi connectivity index (χ1v) is 8.18. The van der Waals surface area contributed by atoms with E-state index in [1.165, 1.54) is 12.1 Å². The summed E-state index contributed by atoms with van der Waals surface area (Å²) >= 11 is 0. The number of nitrogens with one attached hydrogen (secondary N) is 1. The van der Waals surface area contributed by atoms with Crippen molar-refractivity contribution >= 4 is 17.3 Å². The van der Waals surface area contributed by atoms with Gasteiger partial charge in [0.1, 0.15) is 22.8 Å². The lowest BCUT2D eigenvalue weighted by Gasteiger charge is -2.24. The minimum Gasteiger partial charge on any atom is -0.733 e. The van der Waals surface area contributed by atoms with E-state index in [2.05, 4.69) is 5.32 Å². The summed E-state index contributed by atoms with van der Waals surface area (Å²) < 4.78 is 11.7. The Morgan fingerprint density at radius 3 is 2.56 bits per heavy atom. The van der Waals surface area contributed by atoms with Gasteiger partial charge in [0.25, 0.3) is 5.91 Å². The van der Waals surface area contributed by atoms with Crippen molar-refractivity contribution in [3.63, 3.8) is 0 Å². The molecule has 0 fully saturated rings. The van der Waals surface area contributed by atoms with E-state index in [9.17, 15) is 15.2 Å². The zero-order chi connectivity index (χ0) is 19.0. The van der Waals surface area contributed by atoms with Gasteiger partial charge >= 0.3 is 0 Å². The van der Waals surface area contributed by atoms with Crippen LogP contribution in [0.2, 0.25) is 0 Å². The molecular weight excluding hydrogens is 348 g/mol. The Hall–Kier alpha value is -3.55. The second-order valence-electron chi connectivity index (χ2n) is 6.06. The third-order valence-electron chi connectivity index (χ3n) is 4.10. The van der Waals surface area contributed by atoms with Crippen molar-refractivity contribution in [3.05, 3.63) is 77.0 Å². The van der Waals surface area contributed by atoms with Crippen LogP contribution in [0.1, 0.15) is 15.9 Å². The van der Waals surface area contributed by atoms with Crippen LogP contribution in [0.15, 0.2) is 60.7 Å². The van der Waals surface area contributed by atoms with Gasteiger partial charge in [-0.1, -0.05) is 29.8 Å². The fourth-order valence-corrected chi connectivity index (χ4v) is 2.77. The number of hydrogen-bond donors (Lipinski definition) is 2. The maximum Gasteiger partial charge on any atom is 0.263 e. The van der Waals surface area contributed by atoms with E-state index in [0.717, 1.165) is 5.56 Å². The van der Waals surface area contributed by atoms with Crippen molar-refractivity contribution in [3.8, 4) is 23.0 Å². The average Bonchev–Trinajstić information content (AvgIpc) is 2.79. The van der Waals surface area contributed by atoms with Gasteiger partial charge in [0.05, 0.1) is 11.4 Å². The summed E-state index contributed by atoms with van der Waals surface area (Å²) in [7, 11) is 0. The number of nitrogens with zero attached hydrogens (tertiary/aromatic N) is 1. The van der Waals surface area contributed by atoms with Gasteiger partial charge in [0, 0.05) is 12.1 Å². The number of fused-ring (bicyclic) bond motifs is 2. The second-order valence-corrected chi connectivity index (χ2v) is 6.06. The molecule has 136 valence electrons. The molecule has 0 saturated heterocycles. The Morgan fingerprint density at radius 2 is 1.81 bits per heavy atom. The van der Waals surface area contributed by atoms with Crippen molar-refractivity contribution in [1.29, 1.82) is 0 Å². The average molecular weight is 363 g/mol. The number of benzene rings is 3. The van der Waals surface area contributed by atoms with E-state index in [1.807, 2.05) is 19.1 Å². The monoisotopic (exact) mass is 363 g/mol. The Labute approximate surface area is 154 Å². The molecule has 0 unspecified atom stereocenters. The topological polar surface area (TPSA) is 94.1 Å². The van der Waals surface area contributed by atoms with Crippen LogP contribution in [-0.2, 0) is 0 Å². The Morgan fingerprint density at radius 1 is 1.07 bits per heavy atom. The molecular formula is C20H15N2O5-. The number of carbonyl (C=O) groups excluding carboxylic acids is 1. The lowest BCUT2D eigenvalue weighted by atomic mass is 10.1. The van der Waals surface area contributed by atoms with Gasteiger partial charge in [-0.3, -0.25) is 10.0 Å². The standard InChI is InChI=1S/C20H15N2O5/c1-12-6-8-14(9-7-12)26-17-10-13(22(24)25)11-18-19(17)20(23)21-15-4-2-3-5-16(15)27-18/h2-11,24H,1H3,(H,21,23)/q-1. The zero-order valence-electron chi connectivity index (χ0n) is 14.3. The molecule has 4 rings (SSSR count). The van der Waals surface area contributed by atoms with E-state index in [-0.39, 0.29) is 28.0 Å². The molecule has 1 aliphatic heterocycles. The molecule has 2 N–H and O–H groups in total. The molecule has 1 aliphatic rings.